The van der Waals surface area contributed by atoms with Gasteiger partial charge in [-0.3, -0.25) is 0 Å². The van der Waals surface area contributed by atoms with Gasteiger partial charge in [0, 0.05) is 10.6 Å². The number of rotatable bonds is 1. The van der Waals surface area contributed by atoms with Crippen LogP contribution in [0.15, 0.2) is 17.2 Å². The van der Waals surface area contributed by atoms with Crippen molar-refractivity contribution in [3.8, 4) is 6.07 Å². The third-order valence-corrected chi connectivity index (χ3v) is 1.30. The molecule has 0 N–H and O–H groups in total. The van der Waals surface area contributed by atoms with Gasteiger partial charge in [0.15, 0.2) is 0 Å². The molecule has 1 aromatic rings. The van der Waals surface area contributed by atoms with Crippen LogP contribution in [0.25, 0.3) is 10.4 Å². The smallest absolute Gasteiger partial charge is 0.144 e. The Balaban J connectivity index is 3.38. The molecule has 0 amide bonds. The minimum absolute atomic E-state index is 0.198. The van der Waals surface area contributed by atoms with E-state index in [1.54, 1.807) is 0 Å². The lowest BCUT2D eigenvalue weighted by Crippen LogP contribution is -1.88. The van der Waals surface area contributed by atoms with Crippen molar-refractivity contribution in [2.24, 2.45) is 5.11 Å². The van der Waals surface area contributed by atoms with Gasteiger partial charge in [0.1, 0.15) is 23.3 Å². The van der Waals surface area contributed by atoms with E-state index in [1.807, 2.05) is 0 Å². The van der Waals surface area contributed by atoms with Crippen molar-refractivity contribution in [1.82, 2.24) is 0 Å². The van der Waals surface area contributed by atoms with E-state index < -0.39 is 17.2 Å². The van der Waals surface area contributed by atoms with Gasteiger partial charge in [-0.1, -0.05) is 5.11 Å². The van der Waals surface area contributed by atoms with Gasteiger partial charge in [0.05, 0.1) is 0 Å². The molecule has 1 rings (SSSR count). The van der Waals surface area contributed by atoms with Gasteiger partial charge in [-0.25, -0.2) is 8.78 Å². The average Bonchev–Trinajstić information content (AvgIpc) is 2.04. The van der Waals surface area contributed by atoms with Crippen molar-refractivity contribution in [3.63, 3.8) is 0 Å². The second kappa shape index (κ2) is 3.52. The topological polar surface area (TPSA) is 72.5 Å². The van der Waals surface area contributed by atoms with Crippen LogP contribution in [-0.4, -0.2) is 0 Å². The molecule has 0 atom stereocenters. The van der Waals surface area contributed by atoms with Crippen molar-refractivity contribution >= 4 is 5.69 Å². The lowest BCUT2D eigenvalue weighted by atomic mass is 10.2. The number of hydrogen-bond acceptors (Lipinski definition) is 2. The molecule has 13 heavy (non-hydrogen) atoms. The van der Waals surface area contributed by atoms with Gasteiger partial charge in [0.2, 0.25) is 0 Å². The molecule has 0 radical (unpaired) electrons. The minimum Gasteiger partial charge on any atom is -0.205 e. The van der Waals surface area contributed by atoms with Gasteiger partial charge in [-0.2, -0.15) is 5.26 Å². The average molecular weight is 180 g/mol. The Morgan fingerprint density at radius 3 is 2.31 bits per heavy atom. The zero-order valence-corrected chi connectivity index (χ0v) is 6.20. The Morgan fingerprint density at radius 2 is 1.92 bits per heavy atom. The van der Waals surface area contributed by atoms with E-state index in [9.17, 15) is 8.78 Å². The number of halogens is 2. The van der Waals surface area contributed by atoms with E-state index in [0.717, 1.165) is 12.1 Å². The van der Waals surface area contributed by atoms with Gasteiger partial charge >= 0.3 is 0 Å². The predicted molar refractivity (Wildman–Crippen MR) is 39.9 cm³/mol. The highest BCUT2D eigenvalue weighted by Gasteiger charge is 2.09. The Kier molecular flexibility index (Phi) is 2.43. The molecule has 64 valence electrons. The summed E-state index contributed by atoms with van der Waals surface area (Å²) in [5.74, 6) is -2.07. The normalized spacial score (nSPS) is 8.69. The molecule has 0 saturated carbocycles. The quantitative estimate of drug-likeness (QED) is 0.372. The minimum atomic E-state index is -1.04. The van der Waals surface area contributed by atoms with Crippen LogP contribution in [0.1, 0.15) is 5.56 Å². The summed E-state index contributed by atoms with van der Waals surface area (Å²) in [6.07, 6.45) is 0. The Labute approximate surface area is 71.7 Å². The number of nitrogens with zero attached hydrogens (tertiary/aromatic N) is 4. The summed E-state index contributed by atoms with van der Waals surface area (Å²) in [6.45, 7) is 0. The van der Waals surface area contributed by atoms with E-state index >= 15 is 0 Å². The first kappa shape index (κ1) is 8.97. The van der Waals surface area contributed by atoms with Crippen LogP contribution in [0.5, 0.6) is 0 Å². The molecule has 6 heteroatoms. The highest BCUT2D eigenvalue weighted by molar-refractivity contribution is 5.44. The fourth-order valence-electron chi connectivity index (χ4n) is 0.776. The van der Waals surface area contributed by atoms with Gasteiger partial charge in [-0.05, 0) is 17.7 Å². The maximum Gasteiger partial charge on any atom is 0.144 e. The molecule has 4 nitrogen and oxygen atoms in total. The first-order valence-corrected chi connectivity index (χ1v) is 3.13. The zero-order valence-electron chi connectivity index (χ0n) is 6.20. The van der Waals surface area contributed by atoms with E-state index in [1.165, 1.54) is 6.07 Å². The fraction of sp³-hybridized carbons (Fsp3) is 0. The summed E-state index contributed by atoms with van der Waals surface area (Å²) in [6, 6.07) is 2.93. The standard InChI is InChI=1S/C7H2F2N4/c8-6-1-4(12-13-11)2-7(9)5(6)3-10/h1-2H. The molecule has 0 aliphatic heterocycles. The first-order chi connectivity index (χ1) is 6.19. The summed E-state index contributed by atoms with van der Waals surface area (Å²) in [4.78, 5) is 2.35. The van der Waals surface area contributed by atoms with Crippen LogP contribution < -0.4 is 0 Å². The van der Waals surface area contributed by atoms with E-state index in [-0.39, 0.29) is 5.69 Å². The number of azide groups is 1. The molecular formula is C7H2F2N4. The van der Waals surface area contributed by atoms with Crippen LogP contribution in [0.3, 0.4) is 0 Å². The van der Waals surface area contributed by atoms with Crippen LogP contribution in [0.2, 0.25) is 0 Å². The molecule has 0 saturated heterocycles. The van der Waals surface area contributed by atoms with Gasteiger partial charge < -0.3 is 0 Å². The molecule has 0 aromatic heterocycles. The molecule has 0 fully saturated rings. The molecule has 0 heterocycles. The van der Waals surface area contributed by atoms with Crippen LogP contribution in [-0.2, 0) is 0 Å². The van der Waals surface area contributed by atoms with Crippen LogP contribution in [0.4, 0.5) is 14.5 Å². The monoisotopic (exact) mass is 180 g/mol. The second-order valence-electron chi connectivity index (χ2n) is 2.09. The van der Waals surface area contributed by atoms with Crippen molar-refractivity contribution in [1.29, 1.82) is 5.26 Å². The largest absolute Gasteiger partial charge is 0.205 e. The van der Waals surface area contributed by atoms with Crippen molar-refractivity contribution in [2.75, 3.05) is 0 Å². The summed E-state index contributed by atoms with van der Waals surface area (Å²) >= 11 is 0. The number of nitriles is 1. The highest BCUT2D eigenvalue weighted by atomic mass is 19.1. The Hall–Kier alpha value is -2.12. The number of benzene rings is 1. The van der Waals surface area contributed by atoms with E-state index in [0.29, 0.717) is 0 Å². The van der Waals surface area contributed by atoms with Gasteiger partial charge in [-0.15, -0.1) is 0 Å². The first-order valence-electron chi connectivity index (χ1n) is 3.13. The molecule has 0 unspecified atom stereocenters. The Morgan fingerprint density at radius 1 is 1.38 bits per heavy atom. The third-order valence-electron chi connectivity index (χ3n) is 1.30. The predicted octanol–water partition coefficient (Wildman–Crippen LogP) is 2.78. The Bertz CT molecular complexity index is 406. The molecule has 0 spiro atoms. The summed E-state index contributed by atoms with van der Waals surface area (Å²) in [5.41, 5.74) is 7.10. The van der Waals surface area contributed by atoms with E-state index in [4.69, 9.17) is 10.8 Å². The second-order valence-corrected chi connectivity index (χ2v) is 2.09. The molecule has 1 aromatic carbocycles. The fourth-order valence-corrected chi connectivity index (χ4v) is 0.776. The SMILES string of the molecule is N#Cc1c(F)cc(N=[N+]=[N-])cc1F. The summed E-state index contributed by atoms with van der Waals surface area (Å²) < 4.78 is 25.6. The molecule has 0 bridgehead atoms. The molecular weight excluding hydrogens is 178 g/mol. The maximum absolute atomic E-state index is 12.8. The van der Waals surface area contributed by atoms with Crippen LogP contribution in [0, 0.1) is 23.0 Å². The third kappa shape index (κ3) is 1.72. The summed E-state index contributed by atoms with van der Waals surface area (Å²) in [7, 11) is 0. The highest BCUT2D eigenvalue weighted by Crippen LogP contribution is 2.20. The zero-order chi connectivity index (χ0) is 9.84. The molecule has 0 aliphatic rings. The van der Waals surface area contributed by atoms with Crippen molar-refractivity contribution in [3.05, 3.63) is 39.8 Å². The van der Waals surface area contributed by atoms with E-state index in [2.05, 4.69) is 10.0 Å². The lowest BCUT2D eigenvalue weighted by Gasteiger charge is -1.96. The summed E-state index contributed by atoms with van der Waals surface area (Å²) in [5, 5.41) is 11.3. The van der Waals surface area contributed by atoms with Crippen molar-refractivity contribution < 1.29 is 8.78 Å². The molecule has 0 aliphatic carbocycles. The number of hydrogen-bond donors (Lipinski definition) is 0. The maximum atomic E-state index is 12.8. The lowest BCUT2D eigenvalue weighted by molar-refractivity contribution is 0.577. The van der Waals surface area contributed by atoms with Crippen molar-refractivity contribution in [2.45, 2.75) is 0 Å². The van der Waals surface area contributed by atoms with Crippen LogP contribution >= 0.6 is 0 Å². The van der Waals surface area contributed by atoms with Gasteiger partial charge in [0.25, 0.3) is 0 Å².